The normalized spacial score (nSPS) is 19.2. The fourth-order valence-electron chi connectivity index (χ4n) is 5.68. The highest BCUT2D eigenvalue weighted by Crippen LogP contribution is 2.50. The van der Waals surface area contributed by atoms with Gasteiger partial charge in [-0.2, -0.15) is 0 Å². The lowest BCUT2D eigenvalue weighted by molar-refractivity contribution is 0.285. The Bertz CT molecular complexity index is 1600. The molecule has 40 heavy (non-hydrogen) atoms. The molecule has 0 fully saturated rings. The van der Waals surface area contributed by atoms with Crippen LogP contribution >= 0.6 is 23.2 Å². The van der Waals surface area contributed by atoms with Gasteiger partial charge in [0.25, 0.3) is 0 Å². The first kappa shape index (κ1) is 26.5. The molecule has 0 saturated heterocycles. The molecule has 0 amide bonds. The van der Waals surface area contributed by atoms with Crippen LogP contribution in [0.25, 0.3) is 0 Å². The molecule has 4 aromatic rings. The third-order valence-corrected chi connectivity index (χ3v) is 8.36. The van der Waals surface area contributed by atoms with Crippen molar-refractivity contribution in [3.8, 4) is 11.5 Å². The van der Waals surface area contributed by atoms with Gasteiger partial charge in [0, 0.05) is 28.4 Å². The van der Waals surface area contributed by atoms with Gasteiger partial charge < -0.3 is 14.8 Å². The predicted molar refractivity (Wildman–Crippen MR) is 165 cm³/mol. The van der Waals surface area contributed by atoms with Gasteiger partial charge in [0.1, 0.15) is 6.61 Å². The molecule has 3 atom stereocenters. The molecule has 0 bridgehead atoms. The number of hydrogen-bond acceptors (Lipinski definition) is 4. The molecule has 0 aromatic heterocycles. The number of allylic oxidation sites excluding steroid dienone is 2. The number of anilines is 1. The van der Waals surface area contributed by atoms with Crippen LogP contribution in [-0.2, 0) is 6.61 Å². The Morgan fingerprint density at radius 3 is 2.60 bits per heavy atom. The quantitative estimate of drug-likeness (QED) is 0.178. The van der Waals surface area contributed by atoms with Gasteiger partial charge in [-0.15, -0.1) is 0 Å². The van der Waals surface area contributed by atoms with Gasteiger partial charge in [0.15, 0.2) is 11.5 Å². The van der Waals surface area contributed by atoms with Crippen LogP contribution in [0.1, 0.15) is 46.2 Å². The highest BCUT2D eigenvalue weighted by atomic mass is 35.5. The number of aliphatic imine (C=N–C) groups is 1. The van der Waals surface area contributed by atoms with Crippen molar-refractivity contribution in [3.63, 3.8) is 0 Å². The molecule has 0 saturated carbocycles. The maximum absolute atomic E-state index is 6.58. The summed E-state index contributed by atoms with van der Waals surface area (Å²) in [5, 5.41) is 4.90. The first-order chi connectivity index (χ1) is 19.5. The van der Waals surface area contributed by atoms with E-state index in [0.717, 1.165) is 23.2 Å². The number of ether oxygens (including phenoxy) is 2. The molecule has 1 heterocycles. The van der Waals surface area contributed by atoms with Crippen molar-refractivity contribution in [1.82, 2.24) is 0 Å². The standard InChI is InChI=1S/C34H30Cl2N2O2/c1-21-10-15-31-28(16-21)26-7-5-8-27(26)33(38-31)23-11-13-25(14-12-23)37-19-22-17-30(36)34(32(18-22)39-2)40-20-24-6-3-4-9-29(24)35/h3-7,9-19,26-27,33,38H,8,20H2,1-2H3/t26-,27-,33-/m0/s1. The smallest absolute Gasteiger partial charge is 0.180 e. The van der Waals surface area contributed by atoms with E-state index in [1.165, 1.54) is 22.4 Å². The summed E-state index contributed by atoms with van der Waals surface area (Å²) in [6.45, 7) is 2.45. The van der Waals surface area contributed by atoms with Crippen molar-refractivity contribution in [2.45, 2.75) is 31.9 Å². The molecule has 0 spiro atoms. The number of halogens is 2. The molecule has 1 aliphatic carbocycles. The first-order valence-electron chi connectivity index (χ1n) is 13.4. The van der Waals surface area contributed by atoms with E-state index in [1.807, 2.05) is 36.4 Å². The number of nitrogens with zero attached hydrogens (tertiary/aromatic N) is 1. The number of fused-ring (bicyclic) bond motifs is 3. The van der Waals surface area contributed by atoms with Gasteiger partial charge in [0.05, 0.1) is 23.9 Å². The molecule has 202 valence electrons. The molecule has 1 N–H and O–H groups in total. The summed E-state index contributed by atoms with van der Waals surface area (Å²) in [6.07, 6.45) is 7.57. The first-order valence-corrected chi connectivity index (χ1v) is 14.2. The number of aryl methyl sites for hydroxylation is 1. The van der Waals surface area contributed by atoms with E-state index in [2.05, 4.69) is 66.9 Å². The van der Waals surface area contributed by atoms with Crippen LogP contribution in [0.2, 0.25) is 10.0 Å². The van der Waals surface area contributed by atoms with Crippen LogP contribution in [0.5, 0.6) is 11.5 Å². The van der Waals surface area contributed by atoms with E-state index in [9.17, 15) is 0 Å². The second kappa shape index (κ2) is 11.4. The largest absolute Gasteiger partial charge is 0.493 e. The Labute approximate surface area is 245 Å². The minimum Gasteiger partial charge on any atom is -0.493 e. The average molecular weight is 570 g/mol. The highest BCUT2D eigenvalue weighted by molar-refractivity contribution is 6.32. The highest BCUT2D eigenvalue weighted by Gasteiger charge is 2.37. The van der Waals surface area contributed by atoms with Crippen molar-refractivity contribution < 1.29 is 9.47 Å². The Morgan fingerprint density at radius 2 is 1.80 bits per heavy atom. The van der Waals surface area contributed by atoms with Gasteiger partial charge >= 0.3 is 0 Å². The Balaban J connectivity index is 1.17. The molecular weight excluding hydrogens is 539 g/mol. The van der Waals surface area contributed by atoms with Crippen LogP contribution in [-0.4, -0.2) is 13.3 Å². The molecule has 4 nitrogen and oxygen atoms in total. The van der Waals surface area contributed by atoms with Gasteiger partial charge in [0.2, 0.25) is 0 Å². The van der Waals surface area contributed by atoms with Crippen LogP contribution in [0.4, 0.5) is 11.4 Å². The predicted octanol–water partition coefficient (Wildman–Crippen LogP) is 9.47. The summed E-state index contributed by atoms with van der Waals surface area (Å²) in [5.74, 6) is 1.98. The van der Waals surface area contributed by atoms with Crippen LogP contribution < -0.4 is 14.8 Å². The number of hydrogen-bond donors (Lipinski definition) is 1. The maximum Gasteiger partial charge on any atom is 0.180 e. The van der Waals surface area contributed by atoms with E-state index in [-0.39, 0.29) is 12.6 Å². The second-order valence-corrected chi connectivity index (χ2v) is 11.1. The van der Waals surface area contributed by atoms with E-state index >= 15 is 0 Å². The summed E-state index contributed by atoms with van der Waals surface area (Å²) in [7, 11) is 1.59. The van der Waals surface area contributed by atoms with E-state index in [4.69, 9.17) is 37.7 Å². The molecule has 6 rings (SSSR count). The van der Waals surface area contributed by atoms with Gasteiger partial charge in [-0.3, -0.25) is 4.99 Å². The van der Waals surface area contributed by atoms with Gasteiger partial charge in [-0.25, -0.2) is 0 Å². The molecule has 0 radical (unpaired) electrons. The molecule has 2 aliphatic rings. The maximum atomic E-state index is 6.58. The van der Waals surface area contributed by atoms with Crippen molar-refractivity contribution in [2.75, 3.05) is 12.4 Å². The minimum absolute atomic E-state index is 0.259. The Hall–Kier alpha value is -3.73. The molecule has 0 unspecified atom stereocenters. The second-order valence-electron chi connectivity index (χ2n) is 10.3. The lowest BCUT2D eigenvalue weighted by atomic mass is 9.76. The van der Waals surface area contributed by atoms with Crippen LogP contribution in [0, 0.1) is 12.8 Å². The average Bonchev–Trinajstić information content (AvgIpc) is 3.47. The molecular formula is C34H30Cl2N2O2. The third kappa shape index (κ3) is 5.34. The zero-order valence-corrected chi connectivity index (χ0v) is 23.9. The van der Waals surface area contributed by atoms with Crippen LogP contribution in [0.3, 0.4) is 0 Å². The van der Waals surface area contributed by atoms with Crippen molar-refractivity contribution in [3.05, 3.63) is 129 Å². The number of methoxy groups -OCH3 is 1. The SMILES string of the molecule is COc1cc(C=Nc2ccc([C@@H]3Nc4ccc(C)cc4[C@H]4C=CC[C@@H]43)cc2)cc(Cl)c1OCc1ccccc1Cl. The fraction of sp³-hybridized carbons (Fsp3) is 0.206. The van der Waals surface area contributed by atoms with Crippen molar-refractivity contribution in [2.24, 2.45) is 10.9 Å². The zero-order chi connectivity index (χ0) is 27.6. The van der Waals surface area contributed by atoms with Gasteiger partial charge in [-0.05, 0) is 72.4 Å². The third-order valence-electron chi connectivity index (χ3n) is 7.71. The topological polar surface area (TPSA) is 42.8 Å². The minimum atomic E-state index is 0.259. The molecule has 4 aromatic carbocycles. The van der Waals surface area contributed by atoms with E-state index < -0.39 is 0 Å². The van der Waals surface area contributed by atoms with Crippen LogP contribution in [0.15, 0.2) is 96.0 Å². The lowest BCUT2D eigenvalue weighted by Gasteiger charge is -2.37. The summed E-state index contributed by atoms with van der Waals surface area (Å²) >= 11 is 12.8. The number of rotatable bonds is 7. The lowest BCUT2D eigenvalue weighted by Crippen LogP contribution is -2.29. The molecule has 1 aliphatic heterocycles. The summed E-state index contributed by atoms with van der Waals surface area (Å²) in [4.78, 5) is 4.70. The van der Waals surface area contributed by atoms with Crippen molar-refractivity contribution >= 4 is 40.8 Å². The Morgan fingerprint density at radius 1 is 0.975 bits per heavy atom. The fourth-order valence-corrected chi connectivity index (χ4v) is 6.14. The molecule has 6 heteroatoms. The summed E-state index contributed by atoms with van der Waals surface area (Å²) in [6, 6.07) is 26.7. The monoisotopic (exact) mass is 568 g/mol. The summed E-state index contributed by atoms with van der Waals surface area (Å²) < 4.78 is 11.5. The Kier molecular flexibility index (Phi) is 7.55. The number of nitrogens with one attached hydrogen (secondary N) is 1. The van der Waals surface area contributed by atoms with E-state index in [1.54, 1.807) is 13.3 Å². The van der Waals surface area contributed by atoms with Gasteiger partial charge in [-0.1, -0.05) is 83.4 Å². The van der Waals surface area contributed by atoms with Crippen molar-refractivity contribution in [1.29, 1.82) is 0 Å². The number of benzene rings is 4. The van der Waals surface area contributed by atoms with E-state index in [0.29, 0.717) is 33.4 Å². The zero-order valence-electron chi connectivity index (χ0n) is 22.4. The summed E-state index contributed by atoms with van der Waals surface area (Å²) in [5.41, 5.74) is 7.77.